The molecule has 3 aromatic rings. The molecule has 1 unspecified atom stereocenters. The second-order valence-electron chi connectivity index (χ2n) is 6.71. The second-order valence-corrected chi connectivity index (χ2v) is 7.50. The summed E-state index contributed by atoms with van der Waals surface area (Å²) in [4.78, 5) is 12.6. The summed E-state index contributed by atoms with van der Waals surface area (Å²) in [5.74, 6) is -0.493. The van der Waals surface area contributed by atoms with Crippen molar-refractivity contribution in [1.82, 2.24) is 19.6 Å². The van der Waals surface area contributed by atoms with Crippen LogP contribution in [0.15, 0.2) is 41.1 Å². The molecular formula is C19H19BrF3N5O. The quantitative estimate of drug-likeness (QED) is 0.587. The predicted octanol–water partition coefficient (Wildman–Crippen LogP) is 4.73. The number of rotatable bonds is 5. The fourth-order valence-electron chi connectivity index (χ4n) is 2.89. The van der Waals surface area contributed by atoms with E-state index in [0.717, 1.165) is 15.8 Å². The highest BCUT2D eigenvalue weighted by Gasteiger charge is 2.39. The van der Waals surface area contributed by atoms with Gasteiger partial charge in [0, 0.05) is 6.20 Å². The van der Waals surface area contributed by atoms with Crippen LogP contribution in [0.5, 0.6) is 0 Å². The molecule has 0 aliphatic rings. The average molecular weight is 470 g/mol. The number of alkyl halides is 3. The van der Waals surface area contributed by atoms with E-state index in [1.165, 1.54) is 20.0 Å². The highest BCUT2D eigenvalue weighted by molar-refractivity contribution is 9.10. The van der Waals surface area contributed by atoms with Crippen LogP contribution >= 0.6 is 15.9 Å². The molecule has 1 atom stereocenters. The van der Waals surface area contributed by atoms with E-state index in [1.54, 1.807) is 10.9 Å². The Morgan fingerprint density at radius 3 is 2.59 bits per heavy atom. The Labute approximate surface area is 173 Å². The molecule has 2 heterocycles. The average Bonchev–Trinajstić information content (AvgIpc) is 3.21. The first-order chi connectivity index (χ1) is 13.6. The zero-order valence-electron chi connectivity index (χ0n) is 16.0. The summed E-state index contributed by atoms with van der Waals surface area (Å²) >= 11 is 2.91. The first-order valence-corrected chi connectivity index (χ1v) is 9.57. The van der Waals surface area contributed by atoms with E-state index in [4.69, 9.17) is 0 Å². The third-order valence-electron chi connectivity index (χ3n) is 4.59. The summed E-state index contributed by atoms with van der Waals surface area (Å²) in [6, 6.07) is 6.95. The summed E-state index contributed by atoms with van der Waals surface area (Å²) in [7, 11) is 0. The van der Waals surface area contributed by atoms with Gasteiger partial charge in [0.15, 0.2) is 5.69 Å². The van der Waals surface area contributed by atoms with E-state index >= 15 is 0 Å². The molecule has 0 aliphatic heterocycles. The molecule has 0 fully saturated rings. The number of hydrogen-bond donors (Lipinski definition) is 1. The second kappa shape index (κ2) is 8.02. The molecule has 1 aromatic carbocycles. The van der Waals surface area contributed by atoms with Crippen molar-refractivity contribution in [2.24, 2.45) is 0 Å². The summed E-state index contributed by atoms with van der Waals surface area (Å²) in [6.45, 7) is 5.50. The van der Waals surface area contributed by atoms with Gasteiger partial charge >= 0.3 is 6.18 Å². The van der Waals surface area contributed by atoms with E-state index in [2.05, 4.69) is 31.4 Å². The highest BCUT2D eigenvalue weighted by Crippen LogP contribution is 2.36. The van der Waals surface area contributed by atoms with Gasteiger partial charge in [0.05, 0.1) is 28.6 Å². The number of anilines is 1. The number of hydrogen-bond acceptors (Lipinski definition) is 3. The molecule has 1 amide bonds. The molecule has 10 heteroatoms. The Morgan fingerprint density at radius 1 is 1.28 bits per heavy atom. The van der Waals surface area contributed by atoms with Crippen molar-refractivity contribution in [2.45, 2.75) is 39.5 Å². The van der Waals surface area contributed by atoms with Crippen molar-refractivity contribution < 1.29 is 18.0 Å². The fraction of sp³-hybridized carbons (Fsp3) is 0.316. The molecule has 0 saturated carbocycles. The Bertz CT molecular complexity index is 1040. The molecule has 0 radical (unpaired) electrons. The number of nitrogens with zero attached hydrogens (tertiary/aromatic N) is 4. The summed E-state index contributed by atoms with van der Waals surface area (Å²) < 4.78 is 41.7. The third kappa shape index (κ3) is 4.52. The monoisotopic (exact) mass is 469 g/mol. The Kier molecular flexibility index (Phi) is 5.83. The summed E-state index contributed by atoms with van der Waals surface area (Å²) in [5.41, 5.74) is 1.84. The zero-order chi connectivity index (χ0) is 21.3. The number of halogens is 4. The minimum Gasteiger partial charge on any atom is -0.322 e. The number of nitrogens with one attached hydrogen (secondary N) is 1. The summed E-state index contributed by atoms with van der Waals surface area (Å²) in [6.07, 6.45) is -1.44. The molecule has 0 bridgehead atoms. The van der Waals surface area contributed by atoms with Gasteiger partial charge in [-0.25, -0.2) is 0 Å². The molecule has 29 heavy (non-hydrogen) atoms. The third-order valence-corrected chi connectivity index (χ3v) is 5.54. The molecule has 0 aliphatic carbocycles. The molecule has 1 N–H and O–H groups in total. The van der Waals surface area contributed by atoms with E-state index in [1.807, 2.05) is 31.2 Å². The zero-order valence-corrected chi connectivity index (χ0v) is 17.5. The number of carbonyl (C=O) groups excluding carboxylic acids is 1. The van der Waals surface area contributed by atoms with E-state index in [9.17, 15) is 18.0 Å². The van der Waals surface area contributed by atoms with Crippen molar-refractivity contribution in [3.05, 3.63) is 63.6 Å². The molecule has 154 valence electrons. The Morgan fingerprint density at radius 2 is 1.97 bits per heavy atom. The lowest BCUT2D eigenvalue weighted by atomic mass is 10.1. The molecule has 6 nitrogen and oxygen atoms in total. The van der Waals surface area contributed by atoms with Crippen LogP contribution in [-0.4, -0.2) is 25.5 Å². The van der Waals surface area contributed by atoms with Crippen LogP contribution in [-0.2, 0) is 17.5 Å². The smallest absolute Gasteiger partial charge is 0.322 e. The Hall–Kier alpha value is -2.62. The maximum absolute atomic E-state index is 13.0. The molecule has 0 saturated heterocycles. The lowest BCUT2D eigenvalue weighted by Crippen LogP contribution is -2.25. The van der Waals surface area contributed by atoms with E-state index in [0.29, 0.717) is 12.2 Å². The SMILES string of the molecule is Cc1ccccc1Cn1cc(NC(=O)C(C)n2nc(C(F)(F)F)c(Br)c2C)cn1. The molecule has 2 aromatic heterocycles. The normalized spacial score (nSPS) is 12.8. The van der Waals surface area contributed by atoms with Crippen LogP contribution in [0.25, 0.3) is 0 Å². The maximum Gasteiger partial charge on any atom is 0.436 e. The number of amides is 1. The largest absolute Gasteiger partial charge is 0.436 e. The first-order valence-electron chi connectivity index (χ1n) is 8.77. The van der Waals surface area contributed by atoms with Crippen molar-refractivity contribution >= 4 is 27.5 Å². The van der Waals surface area contributed by atoms with Gasteiger partial charge in [0.1, 0.15) is 6.04 Å². The van der Waals surface area contributed by atoms with Crippen molar-refractivity contribution in [2.75, 3.05) is 5.32 Å². The van der Waals surface area contributed by atoms with Crippen LogP contribution < -0.4 is 5.32 Å². The van der Waals surface area contributed by atoms with Gasteiger partial charge in [-0.15, -0.1) is 0 Å². The standard InChI is InChI=1S/C19H19BrF3N5O/c1-11-6-4-5-7-14(11)9-27-10-15(8-24-27)25-18(29)13(3)28-12(2)16(20)17(26-28)19(21,22)23/h4-8,10,13H,9H2,1-3H3,(H,25,29). The van der Waals surface area contributed by atoms with Crippen LogP contribution in [0.3, 0.4) is 0 Å². The molecular weight excluding hydrogens is 451 g/mol. The van der Waals surface area contributed by atoms with Crippen LogP contribution in [0.1, 0.15) is 35.5 Å². The van der Waals surface area contributed by atoms with Crippen LogP contribution in [0.4, 0.5) is 18.9 Å². The Balaban J connectivity index is 1.73. The summed E-state index contributed by atoms with van der Waals surface area (Å²) in [5, 5.41) is 10.5. The van der Waals surface area contributed by atoms with Crippen LogP contribution in [0, 0.1) is 13.8 Å². The number of aryl methyl sites for hydroxylation is 1. The lowest BCUT2D eigenvalue weighted by molar-refractivity contribution is -0.142. The molecule has 3 rings (SSSR count). The lowest BCUT2D eigenvalue weighted by Gasteiger charge is -2.13. The van der Waals surface area contributed by atoms with Gasteiger partial charge in [-0.1, -0.05) is 24.3 Å². The number of aromatic nitrogens is 4. The van der Waals surface area contributed by atoms with Crippen molar-refractivity contribution in [3.8, 4) is 0 Å². The maximum atomic E-state index is 13.0. The fourth-order valence-corrected chi connectivity index (χ4v) is 3.38. The minimum atomic E-state index is -4.61. The van der Waals surface area contributed by atoms with Gasteiger partial charge in [-0.05, 0) is 47.8 Å². The van der Waals surface area contributed by atoms with Gasteiger partial charge in [0.2, 0.25) is 5.91 Å². The minimum absolute atomic E-state index is 0.171. The van der Waals surface area contributed by atoms with Gasteiger partial charge < -0.3 is 5.32 Å². The van der Waals surface area contributed by atoms with E-state index in [-0.39, 0.29) is 10.2 Å². The topological polar surface area (TPSA) is 64.7 Å². The van der Waals surface area contributed by atoms with Crippen molar-refractivity contribution in [1.29, 1.82) is 0 Å². The number of carbonyl (C=O) groups is 1. The van der Waals surface area contributed by atoms with Crippen LogP contribution in [0.2, 0.25) is 0 Å². The van der Waals surface area contributed by atoms with E-state index < -0.39 is 23.8 Å². The first kappa shape index (κ1) is 21.1. The van der Waals surface area contributed by atoms with Gasteiger partial charge in [-0.2, -0.15) is 23.4 Å². The number of benzene rings is 1. The highest BCUT2D eigenvalue weighted by atomic mass is 79.9. The van der Waals surface area contributed by atoms with Gasteiger partial charge in [-0.3, -0.25) is 14.2 Å². The molecule has 0 spiro atoms. The van der Waals surface area contributed by atoms with Gasteiger partial charge in [0.25, 0.3) is 0 Å². The predicted molar refractivity (Wildman–Crippen MR) is 106 cm³/mol. The van der Waals surface area contributed by atoms with Crippen molar-refractivity contribution in [3.63, 3.8) is 0 Å².